The molecule has 1 unspecified atom stereocenters. The Kier molecular flexibility index (Phi) is 7.15. The maximum atomic E-state index is 12.9. The molecule has 1 aliphatic rings. The van der Waals surface area contributed by atoms with E-state index in [1.807, 2.05) is 31.2 Å². The molecule has 1 saturated carbocycles. The van der Waals surface area contributed by atoms with Gasteiger partial charge >= 0.3 is 0 Å². The highest BCUT2D eigenvalue weighted by Crippen LogP contribution is 2.27. The van der Waals surface area contributed by atoms with Crippen molar-refractivity contribution >= 4 is 21.6 Å². The lowest BCUT2D eigenvalue weighted by molar-refractivity contribution is -0.122. The van der Waals surface area contributed by atoms with E-state index < -0.39 is 16.1 Å². The number of sulfonamides is 1. The fraction of sp³-hybridized carbons (Fsp3) is 0.435. The van der Waals surface area contributed by atoms with Gasteiger partial charge in [0.2, 0.25) is 10.0 Å². The topological polar surface area (TPSA) is 75.7 Å². The molecule has 0 saturated heterocycles. The van der Waals surface area contributed by atoms with Gasteiger partial charge in [-0.05, 0) is 62.6 Å². The van der Waals surface area contributed by atoms with Gasteiger partial charge in [0.1, 0.15) is 5.75 Å². The third-order valence-electron chi connectivity index (χ3n) is 5.65. The second kappa shape index (κ2) is 9.62. The SMILES string of the molecule is Cc1ccccc1OC(C)C(=O)Nc1ccc(S(=O)(=O)N(C)C2CCCCC2)cc1. The van der Waals surface area contributed by atoms with E-state index in [-0.39, 0.29) is 16.8 Å². The van der Waals surface area contributed by atoms with Crippen molar-refractivity contribution in [2.45, 2.75) is 63.0 Å². The molecule has 0 heterocycles. The van der Waals surface area contributed by atoms with Crippen LogP contribution in [-0.4, -0.2) is 37.8 Å². The van der Waals surface area contributed by atoms with Crippen LogP contribution in [0.15, 0.2) is 53.4 Å². The van der Waals surface area contributed by atoms with Gasteiger partial charge in [-0.3, -0.25) is 4.79 Å². The Labute approximate surface area is 179 Å². The van der Waals surface area contributed by atoms with Gasteiger partial charge in [-0.1, -0.05) is 37.5 Å². The van der Waals surface area contributed by atoms with Crippen LogP contribution in [0.25, 0.3) is 0 Å². The Balaban J connectivity index is 1.63. The fourth-order valence-electron chi connectivity index (χ4n) is 3.69. The van der Waals surface area contributed by atoms with E-state index in [1.54, 1.807) is 26.1 Å². The molecule has 30 heavy (non-hydrogen) atoms. The molecular formula is C23H30N2O4S. The smallest absolute Gasteiger partial charge is 0.265 e. The second-order valence-electron chi connectivity index (χ2n) is 7.85. The Bertz CT molecular complexity index is 967. The van der Waals surface area contributed by atoms with Crippen LogP contribution in [0.3, 0.4) is 0 Å². The van der Waals surface area contributed by atoms with Crippen molar-refractivity contribution in [2.75, 3.05) is 12.4 Å². The number of ether oxygens (including phenoxy) is 1. The summed E-state index contributed by atoms with van der Waals surface area (Å²) in [5, 5.41) is 2.78. The van der Waals surface area contributed by atoms with Crippen molar-refractivity contribution in [3.8, 4) is 5.75 Å². The van der Waals surface area contributed by atoms with Crippen LogP contribution in [0.4, 0.5) is 5.69 Å². The molecule has 1 atom stereocenters. The molecule has 0 radical (unpaired) electrons. The average Bonchev–Trinajstić information content (AvgIpc) is 2.75. The molecule has 0 aromatic heterocycles. The molecule has 1 fully saturated rings. The number of amides is 1. The summed E-state index contributed by atoms with van der Waals surface area (Å²) >= 11 is 0. The molecule has 0 bridgehead atoms. The summed E-state index contributed by atoms with van der Waals surface area (Å²) in [7, 11) is -1.89. The molecule has 0 spiro atoms. The van der Waals surface area contributed by atoms with E-state index in [9.17, 15) is 13.2 Å². The summed E-state index contributed by atoms with van der Waals surface area (Å²) in [6, 6.07) is 13.9. The maximum absolute atomic E-state index is 12.9. The number of nitrogens with one attached hydrogen (secondary N) is 1. The summed E-state index contributed by atoms with van der Waals surface area (Å²) in [4.78, 5) is 12.7. The summed E-state index contributed by atoms with van der Waals surface area (Å²) in [5.74, 6) is 0.362. The van der Waals surface area contributed by atoms with Gasteiger partial charge in [0.25, 0.3) is 5.91 Å². The van der Waals surface area contributed by atoms with Gasteiger partial charge in [-0.15, -0.1) is 0 Å². The third-order valence-corrected chi connectivity index (χ3v) is 7.58. The van der Waals surface area contributed by atoms with E-state index in [2.05, 4.69) is 5.32 Å². The first-order valence-electron chi connectivity index (χ1n) is 10.4. The van der Waals surface area contributed by atoms with Gasteiger partial charge in [0.05, 0.1) is 4.90 Å². The molecule has 162 valence electrons. The van der Waals surface area contributed by atoms with E-state index >= 15 is 0 Å². The maximum Gasteiger partial charge on any atom is 0.265 e. The van der Waals surface area contributed by atoms with Crippen LogP contribution in [-0.2, 0) is 14.8 Å². The molecular weight excluding hydrogens is 400 g/mol. The van der Waals surface area contributed by atoms with Crippen LogP contribution in [0, 0.1) is 6.92 Å². The largest absolute Gasteiger partial charge is 0.481 e. The standard InChI is InChI=1S/C23H30N2O4S/c1-17-9-7-8-12-22(17)29-18(2)23(26)24-19-13-15-21(16-14-19)30(27,28)25(3)20-10-5-4-6-11-20/h7-9,12-16,18,20H,4-6,10-11H2,1-3H3,(H,24,26). The van der Waals surface area contributed by atoms with Crippen molar-refractivity contribution in [3.63, 3.8) is 0 Å². The number of carbonyl (C=O) groups is 1. The predicted molar refractivity (Wildman–Crippen MR) is 118 cm³/mol. The number of hydrogen-bond acceptors (Lipinski definition) is 4. The quantitative estimate of drug-likeness (QED) is 0.708. The van der Waals surface area contributed by atoms with E-state index in [4.69, 9.17) is 4.74 Å². The van der Waals surface area contributed by atoms with Crippen LogP contribution in [0.1, 0.15) is 44.6 Å². The number of nitrogens with zero attached hydrogens (tertiary/aromatic N) is 1. The highest BCUT2D eigenvalue weighted by molar-refractivity contribution is 7.89. The first-order chi connectivity index (χ1) is 14.3. The third kappa shape index (κ3) is 5.21. The first-order valence-corrected chi connectivity index (χ1v) is 11.8. The molecule has 7 heteroatoms. The zero-order valence-corrected chi connectivity index (χ0v) is 18.6. The molecule has 3 rings (SSSR count). The molecule has 1 amide bonds. The molecule has 1 aliphatic carbocycles. The summed E-state index contributed by atoms with van der Waals surface area (Å²) in [6.07, 6.45) is 4.43. The lowest BCUT2D eigenvalue weighted by Crippen LogP contribution is -2.38. The minimum atomic E-state index is -3.55. The van der Waals surface area contributed by atoms with Crippen LogP contribution in [0.2, 0.25) is 0 Å². The highest BCUT2D eigenvalue weighted by atomic mass is 32.2. The van der Waals surface area contributed by atoms with Crippen molar-refractivity contribution < 1.29 is 17.9 Å². The monoisotopic (exact) mass is 430 g/mol. The molecule has 2 aromatic carbocycles. The molecule has 0 aliphatic heterocycles. The lowest BCUT2D eigenvalue weighted by Gasteiger charge is -2.30. The van der Waals surface area contributed by atoms with E-state index in [1.165, 1.54) is 22.9 Å². The minimum absolute atomic E-state index is 0.0579. The zero-order valence-electron chi connectivity index (χ0n) is 17.8. The second-order valence-corrected chi connectivity index (χ2v) is 9.85. The Morgan fingerprint density at radius 2 is 1.70 bits per heavy atom. The van der Waals surface area contributed by atoms with Crippen LogP contribution >= 0.6 is 0 Å². The summed E-state index contributed by atoms with van der Waals surface area (Å²) < 4.78 is 33.1. The normalized spacial score (nSPS) is 16.3. The van der Waals surface area contributed by atoms with Crippen LogP contribution < -0.4 is 10.1 Å². The lowest BCUT2D eigenvalue weighted by atomic mass is 9.96. The number of benzene rings is 2. The first kappa shape index (κ1) is 22.3. The van der Waals surface area contributed by atoms with Crippen molar-refractivity contribution in [1.82, 2.24) is 4.31 Å². The number of hydrogen-bond donors (Lipinski definition) is 1. The van der Waals surface area contributed by atoms with Gasteiger partial charge in [0.15, 0.2) is 6.10 Å². The number of aryl methyl sites for hydroxylation is 1. The number of anilines is 1. The number of rotatable bonds is 7. The molecule has 1 N–H and O–H groups in total. The summed E-state index contributed by atoms with van der Waals surface area (Å²) in [5.41, 5.74) is 1.48. The summed E-state index contributed by atoms with van der Waals surface area (Å²) in [6.45, 7) is 3.60. The average molecular weight is 431 g/mol. The Hall–Kier alpha value is -2.38. The Morgan fingerprint density at radius 1 is 1.07 bits per heavy atom. The zero-order chi connectivity index (χ0) is 21.7. The van der Waals surface area contributed by atoms with Crippen molar-refractivity contribution in [3.05, 3.63) is 54.1 Å². The van der Waals surface area contributed by atoms with Gasteiger partial charge in [0, 0.05) is 18.8 Å². The molecule has 6 nitrogen and oxygen atoms in total. The highest BCUT2D eigenvalue weighted by Gasteiger charge is 2.29. The predicted octanol–water partition coefficient (Wildman–Crippen LogP) is 4.35. The van der Waals surface area contributed by atoms with E-state index in [0.29, 0.717) is 11.4 Å². The molecule has 2 aromatic rings. The Morgan fingerprint density at radius 3 is 2.33 bits per heavy atom. The van der Waals surface area contributed by atoms with E-state index in [0.717, 1.165) is 31.2 Å². The fourth-order valence-corrected chi connectivity index (χ4v) is 5.11. The van der Waals surface area contributed by atoms with Gasteiger partial charge in [-0.25, -0.2) is 8.42 Å². The van der Waals surface area contributed by atoms with Crippen LogP contribution in [0.5, 0.6) is 5.75 Å². The van der Waals surface area contributed by atoms with Crippen molar-refractivity contribution in [1.29, 1.82) is 0 Å². The number of carbonyl (C=O) groups excluding carboxylic acids is 1. The minimum Gasteiger partial charge on any atom is -0.481 e. The number of para-hydroxylation sites is 1. The van der Waals surface area contributed by atoms with Gasteiger partial charge in [-0.2, -0.15) is 4.31 Å². The van der Waals surface area contributed by atoms with Gasteiger partial charge < -0.3 is 10.1 Å². The van der Waals surface area contributed by atoms with Crippen molar-refractivity contribution in [2.24, 2.45) is 0 Å².